The number of carbonyl (C=O) groups is 1. The average Bonchev–Trinajstić information content (AvgIpc) is 3.23. The van der Waals surface area contributed by atoms with Crippen LogP contribution in [-0.2, 0) is 18.4 Å². The highest BCUT2D eigenvalue weighted by Crippen LogP contribution is 2.22. The van der Waals surface area contributed by atoms with E-state index in [4.69, 9.17) is 4.42 Å². The van der Waals surface area contributed by atoms with E-state index >= 15 is 0 Å². The van der Waals surface area contributed by atoms with Crippen LogP contribution in [0.25, 0.3) is 11.4 Å². The number of hydrogen-bond donors (Lipinski definition) is 0. The SMILES string of the molecule is CN(Cc1ccco1)C(=O)CSc1nnc(-c2cccnc2)n1C. The van der Waals surface area contributed by atoms with Gasteiger partial charge in [0.1, 0.15) is 5.76 Å². The molecule has 3 aromatic heterocycles. The maximum Gasteiger partial charge on any atom is 0.233 e. The molecular formula is C16H17N5O2S. The smallest absolute Gasteiger partial charge is 0.233 e. The highest BCUT2D eigenvalue weighted by atomic mass is 32.2. The van der Waals surface area contributed by atoms with Gasteiger partial charge in [0.25, 0.3) is 0 Å². The molecule has 0 aliphatic carbocycles. The second-order valence-corrected chi connectivity index (χ2v) is 6.17. The number of thioether (sulfide) groups is 1. The number of furan rings is 1. The molecule has 1 amide bonds. The molecule has 7 nitrogen and oxygen atoms in total. The molecule has 0 unspecified atom stereocenters. The fourth-order valence-electron chi connectivity index (χ4n) is 2.15. The first-order valence-electron chi connectivity index (χ1n) is 7.34. The molecule has 0 atom stereocenters. The van der Waals surface area contributed by atoms with Crippen LogP contribution in [0.5, 0.6) is 0 Å². The number of nitrogens with zero attached hydrogens (tertiary/aromatic N) is 5. The maximum atomic E-state index is 12.2. The third-order valence-corrected chi connectivity index (χ3v) is 4.48. The lowest BCUT2D eigenvalue weighted by atomic mass is 10.3. The van der Waals surface area contributed by atoms with E-state index in [1.807, 2.05) is 35.9 Å². The Hall–Kier alpha value is -2.61. The largest absolute Gasteiger partial charge is 0.467 e. The van der Waals surface area contributed by atoms with Gasteiger partial charge in [0.15, 0.2) is 11.0 Å². The molecule has 0 aliphatic heterocycles. The summed E-state index contributed by atoms with van der Waals surface area (Å²) in [7, 11) is 3.63. The third kappa shape index (κ3) is 3.65. The minimum Gasteiger partial charge on any atom is -0.467 e. The van der Waals surface area contributed by atoms with Gasteiger partial charge >= 0.3 is 0 Å². The molecule has 0 saturated carbocycles. The molecular weight excluding hydrogens is 326 g/mol. The molecule has 0 radical (unpaired) electrons. The van der Waals surface area contributed by atoms with Crippen molar-refractivity contribution in [2.24, 2.45) is 7.05 Å². The van der Waals surface area contributed by atoms with Gasteiger partial charge in [0.2, 0.25) is 5.91 Å². The fraction of sp³-hybridized carbons (Fsp3) is 0.250. The van der Waals surface area contributed by atoms with Crippen molar-refractivity contribution in [2.45, 2.75) is 11.7 Å². The van der Waals surface area contributed by atoms with Crippen LogP contribution in [0.4, 0.5) is 0 Å². The van der Waals surface area contributed by atoms with Crippen LogP contribution in [0, 0.1) is 0 Å². The Kier molecular flexibility index (Phi) is 4.95. The van der Waals surface area contributed by atoms with Crippen molar-refractivity contribution in [3.05, 3.63) is 48.7 Å². The predicted molar refractivity (Wildman–Crippen MR) is 90.1 cm³/mol. The quantitative estimate of drug-likeness (QED) is 0.639. The van der Waals surface area contributed by atoms with E-state index < -0.39 is 0 Å². The van der Waals surface area contributed by atoms with E-state index in [-0.39, 0.29) is 11.7 Å². The van der Waals surface area contributed by atoms with Crippen LogP contribution in [0.3, 0.4) is 0 Å². The van der Waals surface area contributed by atoms with Crippen molar-refractivity contribution in [3.63, 3.8) is 0 Å². The summed E-state index contributed by atoms with van der Waals surface area (Å²) >= 11 is 1.36. The molecule has 8 heteroatoms. The Balaban J connectivity index is 1.61. The van der Waals surface area contributed by atoms with Crippen LogP contribution in [0.15, 0.2) is 52.5 Å². The Morgan fingerprint density at radius 1 is 1.33 bits per heavy atom. The van der Waals surface area contributed by atoms with Crippen LogP contribution >= 0.6 is 11.8 Å². The van der Waals surface area contributed by atoms with Crippen molar-refractivity contribution >= 4 is 17.7 Å². The molecule has 3 rings (SSSR count). The normalized spacial score (nSPS) is 10.8. The van der Waals surface area contributed by atoms with Crippen molar-refractivity contribution in [2.75, 3.05) is 12.8 Å². The minimum absolute atomic E-state index is 0.00216. The Labute approximate surface area is 143 Å². The number of carbonyl (C=O) groups excluding carboxylic acids is 1. The number of hydrogen-bond acceptors (Lipinski definition) is 6. The zero-order valence-electron chi connectivity index (χ0n) is 13.4. The van der Waals surface area contributed by atoms with Crippen LogP contribution in [0.2, 0.25) is 0 Å². The van der Waals surface area contributed by atoms with E-state index in [2.05, 4.69) is 15.2 Å². The van der Waals surface area contributed by atoms with E-state index in [1.165, 1.54) is 11.8 Å². The third-order valence-electron chi connectivity index (χ3n) is 3.48. The van der Waals surface area contributed by atoms with Crippen molar-refractivity contribution in [1.82, 2.24) is 24.6 Å². The monoisotopic (exact) mass is 343 g/mol. The first-order valence-corrected chi connectivity index (χ1v) is 8.32. The second-order valence-electron chi connectivity index (χ2n) is 5.22. The summed E-state index contributed by atoms with van der Waals surface area (Å²) in [5.74, 6) is 1.77. The average molecular weight is 343 g/mol. The second kappa shape index (κ2) is 7.31. The highest BCUT2D eigenvalue weighted by molar-refractivity contribution is 7.99. The number of amides is 1. The topological polar surface area (TPSA) is 77.1 Å². The molecule has 3 aromatic rings. The maximum absolute atomic E-state index is 12.2. The van der Waals surface area contributed by atoms with Gasteiger partial charge in [0.05, 0.1) is 18.6 Å². The molecule has 3 heterocycles. The van der Waals surface area contributed by atoms with Crippen LogP contribution < -0.4 is 0 Å². The van der Waals surface area contributed by atoms with E-state index in [9.17, 15) is 4.79 Å². The molecule has 124 valence electrons. The van der Waals surface area contributed by atoms with Gasteiger partial charge in [-0.1, -0.05) is 11.8 Å². The summed E-state index contributed by atoms with van der Waals surface area (Å²) < 4.78 is 7.12. The lowest BCUT2D eigenvalue weighted by molar-refractivity contribution is -0.127. The summed E-state index contributed by atoms with van der Waals surface area (Å²) in [5.41, 5.74) is 0.889. The summed E-state index contributed by atoms with van der Waals surface area (Å²) in [4.78, 5) is 17.9. The Morgan fingerprint density at radius 2 is 2.21 bits per heavy atom. The van der Waals surface area contributed by atoms with E-state index in [1.54, 1.807) is 30.6 Å². The molecule has 0 saturated heterocycles. The minimum atomic E-state index is 0.00216. The van der Waals surface area contributed by atoms with E-state index in [0.29, 0.717) is 11.7 Å². The number of aromatic nitrogens is 4. The van der Waals surface area contributed by atoms with Gasteiger partial charge in [-0.15, -0.1) is 10.2 Å². The molecule has 24 heavy (non-hydrogen) atoms. The molecule has 0 aliphatic rings. The van der Waals surface area contributed by atoms with E-state index in [0.717, 1.165) is 17.1 Å². The molecule has 0 aromatic carbocycles. The molecule has 0 N–H and O–H groups in total. The van der Waals surface area contributed by atoms with Gasteiger partial charge in [-0.05, 0) is 24.3 Å². The number of pyridine rings is 1. The van der Waals surface area contributed by atoms with Crippen molar-refractivity contribution in [1.29, 1.82) is 0 Å². The Morgan fingerprint density at radius 3 is 2.92 bits per heavy atom. The van der Waals surface area contributed by atoms with Gasteiger partial charge in [-0.25, -0.2) is 0 Å². The summed E-state index contributed by atoms with van der Waals surface area (Å²) in [6, 6.07) is 7.43. The zero-order chi connectivity index (χ0) is 16.9. The number of rotatable bonds is 6. The molecule has 0 fully saturated rings. The standard InChI is InChI=1S/C16H17N5O2S/c1-20(10-13-6-4-8-23-13)14(22)11-24-16-19-18-15(21(16)2)12-5-3-7-17-9-12/h3-9H,10-11H2,1-2H3. The van der Waals surface area contributed by atoms with Crippen LogP contribution in [0.1, 0.15) is 5.76 Å². The predicted octanol–water partition coefficient (Wildman–Crippen LogP) is 2.22. The summed E-state index contributed by atoms with van der Waals surface area (Å²) in [6.45, 7) is 0.451. The lowest BCUT2D eigenvalue weighted by Crippen LogP contribution is -2.27. The Bertz CT molecular complexity index is 801. The van der Waals surface area contributed by atoms with Gasteiger partial charge in [-0.3, -0.25) is 9.78 Å². The van der Waals surface area contributed by atoms with Crippen LogP contribution in [-0.4, -0.2) is 43.4 Å². The van der Waals surface area contributed by atoms with Gasteiger partial charge in [0, 0.05) is 32.1 Å². The molecule has 0 bridgehead atoms. The fourth-order valence-corrected chi connectivity index (χ4v) is 3.00. The van der Waals surface area contributed by atoms with Gasteiger partial charge < -0.3 is 13.9 Å². The first kappa shape index (κ1) is 16.3. The molecule has 0 spiro atoms. The lowest BCUT2D eigenvalue weighted by Gasteiger charge is -2.15. The summed E-state index contributed by atoms with van der Waals surface area (Å²) in [6.07, 6.45) is 5.05. The van der Waals surface area contributed by atoms with Crippen molar-refractivity contribution in [3.8, 4) is 11.4 Å². The zero-order valence-corrected chi connectivity index (χ0v) is 14.2. The first-order chi connectivity index (χ1) is 11.6. The van der Waals surface area contributed by atoms with Gasteiger partial charge in [-0.2, -0.15) is 0 Å². The summed E-state index contributed by atoms with van der Waals surface area (Å²) in [5, 5.41) is 9.03. The van der Waals surface area contributed by atoms with Crippen molar-refractivity contribution < 1.29 is 9.21 Å². The highest BCUT2D eigenvalue weighted by Gasteiger charge is 2.15.